The van der Waals surface area contributed by atoms with Gasteiger partial charge in [0.05, 0.1) is 0 Å². The second-order valence-corrected chi connectivity index (χ2v) is 10.6. The van der Waals surface area contributed by atoms with Crippen molar-refractivity contribution in [3.8, 4) is 0 Å². The molecule has 0 spiro atoms. The Morgan fingerprint density at radius 3 is 1.06 bits per heavy atom. The summed E-state index contributed by atoms with van der Waals surface area (Å²) < 4.78 is 0. The molecular formula is C31H62O. The Balaban J connectivity index is 3.86. The Kier molecular flexibility index (Phi) is 26.6. The van der Waals surface area contributed by atoms with Gasteiger partial charge < -0.3 is 0 Å². The molecule has 0 aromatic carbocycles. The molecule has 0 heterocycles. The van der Waals surface area contributed by atoms with Crippen LogP contribution in [0, 0.1) is 5.92 Å². The van der Waals surface area contributed by atoms with Crippen LogP contribution in [0.1, 0.15) is 188 Å². The van der Waals surface area contributed by atoms with E-state index in [9.17, 15) is 4.79 Å². The van der Waals surface area contributed by atoms with E-state index < -0.39 is 0 Å². The number of rotatable bonds is 27. The summed E-state index contributed by atoms with van der Waals surface area (Å²) in [6, 6.07) is 0. The largest absolute Gasteiger partial charge is 0.299 e. The Labute approximate surface area is 204 Å². The molecule has 0 aliphatic carbocycles. The average Bonchev–Trinajstić information content (AvgIpc) is 2.80. The van der Waals surface area contributed by atoms with E-state index in [2.05, 4.69) is 20.8 Å². The van der Waals surface area contributed by atoms with E-state index >= 15 is 0 Å². The minimum atomic E-state index is 0.370. The highest BCUT2D eigenvalue weighted by Gasteiger charge is 2.17. The third-order valence-corrected chi connectivity index (χ3v) is 7.29. The van der Waals surface area contributed by atoms with Gasteiger partial charge in [-0.3, -0.25) is 4.79 Å². The predicted octanol–water partition coefficient (Wildman–Crippen LogP) is 11.4. The van der Waals surface area contributed by atoms with Gasteiger partial charge in [0, 0.05) is 12.3 Å². The van der Waals surface area contributed by atoms with Crippen LogP contribution in [0.25, 0.3) is 0 Å². The molecule has 0 saturated carbocycles. The first kappa shape index (κ1) is 31.7. The van der Waals surface area contributed by atoms with Gasteiger partial charge in [-0.15, -0.1) is 0 Å². The molecule has 0 rings (SSSR count). The van der Waals surface area contributed by atoms with Crippen molar-refractivity contribution in [2.75, 3.05) is 0 Å². The predicted molar refractivity (Wildman–Crippen MR) is 146 cm³/mol. The molecule has 192 valence electrons. The highest BCUT2D eigenvalue weighted by atomic mass is 16.1. The highest BCUT2D eigenvalue weighted by Crippen LogP contribution is 2.22. The summed E-state index contributed by atoms with van der Waals surface area (Å²) in [6.07, 6.45) is 34.3. The van der Waals surface area contributed by atoms with Crippen LogP contribution < -0.4 is 0 Å². The van der Waals surface area contributed by atoms with Crippen molar-refractivity contribution in [3.63, 3.8) is 0 Å². The topological polar surface area (TPSA) is 17.1 Å². The van der Waals surface area contributed by atoms with E-state index in [4.69, 9.17) is 0 Å². The molecule has 0 aromatic rings. The van der Waals surface area contributed by atoms with E-state index in [-0.39, 0.29) is 0 Å². The molecule has 0 fully saturated rings. The second kappa shape index (κ2) is 26.9. The maximum Gasteiger partial charge on any atom is 0.135 e. The lowest BCUT2D eigenvalue weighted by Crippen LogP contribution is -2.14. The van der Waals surface area contributed by atoms with Gasteiger partial charge in [0.2, 0.25) is 0 Å². The normalized spacial score (nSPS) is 12.3. The van der Waals surface area contributed by atoms with Crippen LogP contribution in [0.5, 0.6) is 0 Å². The number of hydrogen-bond donors (Lipinski definition) is 0. The van der Waals surface area contributed by atoms with Crippen LogP contribution in [-0.2, 0) is 4.79 Å². The molecule has 0 aliphatic heterocycles. The van der Waals surface area contributed by atoms with E-state index in [0.717, 1.165) is 25.7 Å². The molecule has 0 aromatic heterocycles. The van der Waals surface area contributed by atoms with Crippen LogP contribution in [0.15, 0.2) is 0 Å². The summed E-state index contributed by atoms with van der Waals surface area (Å²) in [7, 11) is 0. The number of carbonyl (C=O) groups excluding carboxylic acids is 1. The molecule has 0 radical (unpaired) electrons. The summed E-state index contributed by atoms with van der Waals surface area (Å²) in [5.74, 6) is 0.968. The van der Waals surface area contributed by atoms with Gasteiger partial charge in [-0.05, 0) is 19.3 Å². The van der Waals surface area contributed by atoms with Crippen molar-refractivity contribution in [1.82, 2.24) is 0 Å². The third-order valence-electron chi connectivity index (χ3n) is 7.29. The molecular weight excluding hydrogens is 388 g/mol. The van der Waals surface area contributed by atoms with E-state index in [1.165, 1.54) is 141 Å². The van der Waals surface area contributed by atoms with E-state index in [0.29, 0.717) is 11.7 Å². The van der Waals surface area contributed by atoms with Crippen molar-refractivity contribution in [2.24, 2.45) is 5.92 Å². The lowest BCUT2D eigenvalue weighted by atomic mass is 9.88. The van der Waals surface area contributed by atoms with Gasteiger partial charge in [0.15, 0.2) is 0 Å². The van der Waals surface area contributed by atoms with Crippen molar-refractivity contribution in [1.29, 1.82) is 0 Å². The first-order chi connectivity index (χ1) is 15.8. The average molecular weight is 451 g/mol. The summed E-state index contributed by atoms with van der Waals surface area (Å²) >= 11 is 0. The fraction of sp³-hybridized carbons (Fsp3) is 0.968. The smallest absolute Gasteiger partial charge is 0.135 e. The molecule has 0 amide bonds. The maximum atomic E-state index is 12.9. The molecule has 1 nitrogen and oxygen atoms in total. The summed E-state index contributed by atoms with van der Waals surface area (Å²) in [5, 5.41) is 0. The molecule has 1 atom stereocenters. The van der Waals surface area contributed by atoms with Crippen LogP contribution >= 0.6 is 0 Å². The number of ketones is 1. The molecule has 1 unspecified atom stereocenters. The number of unbranched alkanes of at least 4 members (excludes halogenated alkanes) is 20. The monoisotopic (exact) mass is 450 g/mol. The zero-order valence-corrected chi connectivity index (χ0v) is 22.9. The minimum absolute atomic E-state index is 0.370. The SMILES string of the molecule is CCCCCCCCCCCCCC(=O)C(CCCCCC)CCCCCCCCCC. The molecule has 0 saturated heterocycles. The van der Waals surface area contributed by atoms with Gasteiger partial charge in [0.1, 0.15) is 5.78 Å². The first-order valence-corrected chi connectivity index (χ1v) is 15.3. The van der Waals surface area contributed by atoms with Crippen molar-refractivity contribution < 1.29 is 4.79 Å². The van der Waals surface area contributed by atoms with Gasteiger partial charge >= 0.3 is 0 Å². The zero-order valence-electron chi connectivity index (χ0n) is 22.9. The van der Waals surface area contributed by atoms with E-state index in [1.54, 1.807) is 0 Å². The standard InChI is InChI=1S/C31H62O/c1-4-7-10-13-15-17-18-19-21-23-26-29-31(32)30(27-24-12-9-6-3)28-25-22-20-16-14-11-8-5-2/h30H,4-29H2,1-3H3. The number of Topliss-reactive ketones (excluding diaryl/α,β-unsaturated/α-hetero) is 1. The highest BCUT2D eigenvalue weighted by molar-refractivity contribution is 5.80. The van der Waals surface area contributed by atoms with E-state index in [1.807, 2.05) is 0 Å². The zero-order chi connectivity index (χ0) is 23.5. The third kappa shape index (κ3) is 22.8. The van der Waals surface area contributed by atoms with Crippen LogP contribution in [0.2, 0.25) is 0 Å². The van der Waals surface area contributed by atoms with Crippen molar-refractivity contribution in [2.45, 2.75) is 188 Å². The van der Waals surface area contributed by atoms with Gasteiger partial charge in [-0.25, -0.2) is 0 Å². The molecule has 1 heteroatoms. The van der Waals surface area contributed by atoms with Gasteiger partial charge in [-0.2, -0.15) is 0 Å². The van der Waals surface area contributed by atoms with Gasteiger partial charge in [0.25, 0.3) is 0 Å². The molecule has 32 heavy (non-hydrogen) atoms. The minimum Gasteiger partial charge on any atom is -0.299 e. The first-order valence-electron chi connectivity index (χ1n) is 15.3. The van der Waals surface area contributed by atoms with Crippen molar-refractivity contribution >= 4 is 5.78 Å². The van der Waals surface area contributed by atoms with Gasteiger partial charge in [-0.1, -0.05) is 162 Å². The fourth-order valence-corrected chi connectivity index (χ4v) is 4.98. The maximum absolute atomic E-state index is 12.9. The second-order valence-electron chi connectivity index (χ2n) is 10.6. The van der Waals surface area contributed by atoms with Crippen LogP contribution in [-0.4, -0.2) is 5.78 Å². The fourth-order valence-electron chi connectivity index (χ4n) is 4.98. The summed E-state index contributed by atoms with van der Waals surface area (Å²) in [5.41, 5.74) is 0. The lowest BCUT2D eigenvalue weighted by molar-refractivity contribution is -0.123. The number of hydrogen-bond acceptors (Lipinski definition) is 1. The lowest BCUT2D eigenvalue weighted by Gasteiger charge is -2.16. The molecule has 0 N–H and O–H groups in total. The molecule has 0 aliphatic rings. The summed E-state index contributed by atoms with van der Waals surface area (Å²) in [4.78, 5) is 12.9. The number of carbonyl (C=O) groups is 1. The Morgan fingerprint density at radius 2 is 0.688 bits per heavy atom. The Bertz CT molecular complexity index is 361. The van der Waals surface area contributed by atoms with Crippen LogP contribution in [0.4, 0.5) is 0 Å². The quantitative estimate of drug-likeness (QED) is 0.114. The van der Waals surface area contributed by atoms with Crippen molar-refractivity contribution in [3.05, 3.63) is 0 Å². The Morgan fingerprint density at radius 1 is 0.406 bits per heavy atom. The van der Waals surface area contributed by atoms with Crippen LogP contribution in [0.3, 0.4) is 0 Å². The Hall–Kier alpha value is -0.330. The summed E-state index contributed by atoms with van der Waals surface area (Å²) in [6.45, 7) is 6.85. The molecule has 0 bridgehead atoms.